The maximum Gasteiger partial charge on any atom is 0.226 e. The Labute approximate surface area is 155 Å². The molecule has 0 radical (unpaired) electrons. The Hall–Kier alpha value is -2.74. The van der Waals surface area contributed by atoms with Crippen LogP contribution >= 0.6 is 11.6 Å². The molecular weight excluding hydrogens is 354 g/mol. The van der Waals surface area contributed by atoms with Crippen molar-refractivity contribution in [2.45, 2.75) is 20.0 Å². The maximum absolute atomic E-state index is 12.4. The summed E-state index contributed by atoms with van der Waals surface area (Å²) in [5.74, 6) is 0.664. The molecule has 1 amide bonds. The Kier molecular flexibility index (Phi) is 4.42. The zero-order valence-electron chi connectivity index (χ0n) is 14.3. The number of halogens is 1. The summed E-state index contributed by atoms with van der Waals surface area (Å²) in [7, 11) is 0. The molecule has 1 saturated heterocycles. The lowest BCUT2D eigenvalue weighted by molar-refractivity contribution is -0.125. The summed E-state index contributed by atoms with van der Waals surface area (Å²) >= 11 is 6.12. The summed E-state index contributed by atoms with van der Waals surface area (Å²) in [6.07, 6.45) is 1.51. The number of fused-ring (bicyclic) bond motifs is 1. The Morgan fingerprint density at radius 1 is 1.31 bits per heavy atom. The molecule has 0 spiro atoms. The van der Waals surface area contributed by atoms with Crippen LogP contribution in [0.4, 0.5) is 5.82 Å². The third kappa shape index (κ3) is 2.96. The summed E-state index contributed by atoms with van der Waals surface area (Å²) in [4.78, 5) is 23.0. The van der Waals surface area contributed by atoms with Crippen LogP contribution in [0.1, 0.15) is 12.5 Å². The van der Waals surface area contributed by atoms with Gasteiger partial charge in [0.15, 0.2) is 17.0 Å². The minimum Gasteiger partial charge on any atom is -0.353 e. The molecule has 2 aromatic heterocycles. The molecule has 8 nitrogen and oxygen atoms in total. The topological polar surface area (TPSA) is 88.8 Å². The van der Waals surface area contributed by atoms with E-state index in [1.54, 1.807) is 4.68 Å². The van der Waals surface area contributed by atoms with E-state index in [1.165, 1.54) is 6.33 Å². The summed E-state index contributed by atoms with van der Waals surface area (Å²) in [5.41, 5.74) is 2.29. The average Bonchev–Trinajstić information content (AvgIpc) is 3.04. The van der Waals surface area contributed by atoms with Crippen molar-refractivity contribution in [3.63, 3.8) is 0 Å². The SMILES string of the molecule is CCn1nnc2c(N3CC(C(=O)NCc4ccccc4Cl)C3)ncnc21. The Bertz CT molecular complexity index is 951. The third-order valence-corrected chi connectivity index (χ3v) is 4.91. The van der Waals surface area contributed by atoms with Crippen LogP contribution < -0.4 is 10.2 Å². The second-order valence-electron chi connectivity index (χ2n) is 6.19. The van der Waals surface area contributed by atoms with Gasteiger partial charge in [-0.25, -0.2) is 14.6 Å². The van der Waals surface area contributed by atoms with Crippen molar-refractivity contribution in [1.29, 1.82) is 0 Å². The molecule has 0 unspecified atom stereocenters. The van der Waals surface area contributed by atoms with E-state index in [0.717, 1.165) is 11.4 Å². The molecule has 3 heterocycles. The van der Waals surface area contributed by atoms with Gasteiger partial charge in [0.25, 0.3) is 0 Å². The van der Waals surface area contributed by atoms with Gasteiger partial charge in [-0.05, 0) is 18.6 Å². The van der Waals surface area contributed by atoms with Crippen LogP contribution in [0.5, 0.6) is 0 Å². The second kappa shape index (κ2) is 6.87. The van der Waals surface area contributed by atoms with Crippen LogP contribution in [0, 0.1) is 5.92 Å². The molecule has 1 N–H and O–H groups in total. The summed E-state index contributed by atoms with van der Waals surface area (Å²) in [5, 5.41) is 11.9. The van der Waals surface area contributed by atoms with Crippen LogP contribution in [0.15, 0.2) is 30.6 Å². The number of aryl methyl sites for hydroxylation is 1. The van der Waals surface area contributed by atoms with Crippen LogP contribution in [0.3, 0.4) is 0 Å². The third-order valence-electron chi connectivity index (χ3n) is 4.54. The number of amides is 1. The quantitative estimate of drug-likeness (QED) is 0.733. The first-order valence-corrected chi connectivity index (χ1v) is 8.85. The van der Waals surface area contributed by atoms with Gasteiger partial charge in [0.2, 0.25) is 5.91 Å². The number of rotatable bonds is 5. The van der Waals surface area contributed by atoms with E-state index in [4.69, 9.17) is 11.6 Å². The monoisotopic (exact) mass is 371 g/mol. The lowest BCUT2D eigenvalue weighted by atomic mass is 9.99. The lowest BCUT2D eigenvalue weighted by Gasteiger charge is -2.38. The van der Waals surface area contributed by atoms with Crippen LogP contribution in [0.25, 0.3) is 11.2 Å². The number of nitrogens with zero attached hydrogens (tertiary/aromatic N) is 6. The van der Waals surface area contributed by atoms with E-state index in [-0.39, 0.29) is 11.8 Å². The molecule has 0 saturated carbocycles. The highest BCUT2D eigenvalue weighted by Gasteiger charge is 2.35. The molecule has 0 atom stereocenters. The van der Waals surface area contributed by atoms with Crippen molar-refractivity contribution in [3.05, 3.63) is 41.2 Å². The molecular formula is C17H18ClN7O. The fourth-order valence-corrected chi connectivity index (χ4v) is 3.21. The van der Waals surface area contributed by atoms with Gasteiger partial charge < -0.3 is 10.2 Å². The van der Waals surface area contributed by atoms with Crippen molar-refractivity contribution in [2.24, 2.45) is 5.92 Å². The number of anilines is 1. The number of nitrogens with one attached hydrogen (secondary N) is 1. The minimum atomic E-state index is -0.0799. The Balaban J connectivity index is 1.39. The standard InChI is InChI=1S/C17H18ClN7O/c1-2-25-16-14(22-23-25)15(20-10-21-16)24-8-12(9-24)17(26)19-7-11-5-3-4-6-13(11)18/h3-6,10,12H,2,7-9H2,1H3,(H,19,26). The Morgan fingerprint density at radius 2 is 2.12 bits per heavy atom. The fourth-order valence-electron chi connectivity index (χ4n) is 3.01. The van der Waals surface area contributed by atoms with Crippen molar-refractivity contribution in [1.82, 2.24) is 30.3 Å². The number of carbonyl (C=O) groups is 1. The van der Waals surface area contributed by atoms with Crippen molar-refractivity contribution >= 4 is 34.5 Å². The largest absolute Gasteiger partial charge is 0.353 e. The number of hydrogen-bond acceptors (Lipinski definition) is 6. The summed E-state index contributed by atoms with van der Waals surface area (Å²) in [6.45, 7) is 4.30. The van der Waals surface area contributed by atoms with Gasteiger partial charge in [0.05, 0.1) is 5.92 Å². The van der Waals surface area contributed by atoms with E-state index in [9.17, 15) is 4.79 Å². The van der Waals surface area contributed by atoms with E-state index >= 15 is 0 Å². The molecule has 26 heavy (non-hydrogen) atoms. The highest BCUT2D eigenvalue weighted by Crippen LogP contribution is 2.27. The number of hydrogen-bond donors (Lipinski definition) is 1. The van der Waals surface area contributed by atoms with E-state index in [2.05, 4.69) is 25.6 Å². The summed E-state index contributed by atoms with van der Waals surface area (Å²) in [6, 6.07) is 7.50. The van der Waals surface area contributed by atoms with Crippen LogP contribution in [-0.4, -0.2) is 44.0 Å². The number of benzene rings is 1. The average molecular weight is 372 g/mol. The van der Waals surface area contributed by atoms with Crippen LogP contribution in [0.2, 0.25) is 5.02 Å². The molecule has 1 aliphatic rings. The summed E-state index contributed by atoms with van der Waals surface area (Å²) < 4.78 is 1.73. The first kappa shape index (κ1) is 16.7. The lowest BCUT2D eigenvalue weighted by Crippen LogP contribution is -2.54. The van der Waals surface area contributed by atoms with E-state index < -0.39 is 0 Å². The predicted octanol–water partition coefficient (Wildman–Crippen LogP) is 1.65. The van der Waals surface area contributed by atoms with Crippen molar-refractivity contribution in [2.75, 3.05) is 18.0 Å². The molecule has 4 rings (SSSR count). The van der Waals surface area contributed by atoms with Gasteiger partial charge in [0.1, 0.15) is 6.33 Å². The molecule has 1 fully saturated rings. The molecule has 134 valence electrons. The van der Waals surface area contributed by atoms with E-state index in [1.807, 2.05) is 36.1 Å². The second-order valence-corrected chi connectivity index (χ2v) is 6.59. The first-order chi connectivity index (χ1) is 12.7. The maximum atomic E-state index is 12.4. The molecule has 3 aromatic rings. The number of aromatic nitrogens is 5. The zero-order chi connectivity index (χ0) is 18.1. The highest BCUT2D eigenvalue weighted by atomic mass is 35.5. The molecule has 0 bridgehead atoms. The smallest absolute Gasteiger partial charge is 0.226 e. The molecule has 9 heteroatoms. The predicted molar refractivity (Wildman–Crippen MR) is 97.8 cm³/mol. The van der Waals surface area contributed by atoms with Gasteiger partial charge in [-0.1, -0.05) is 35.0 Å². The van der Waals surface area contributed by atoms with Crippen molar-refractivity contribution < 1.29 is 4.79 Å². The zero-order valence-corrected chi connectivity index (χ0v) is 15.0. The van der Waals surface area contributed by atoms with Crippen LogP contribution in [-0.2, 0) is 17.9 Å². The molecule has 0 aliphatic carbocycles. The van der Waals surface area contributed by atoms with E-state index in [0.29, 0.717) is 42.4 Å². The van der Waals surface area contributed by atoms with Gasteiger partial charge in [-0.2, -0.15) is 0 Å². The van der Waals surface area contributed by atoms with Gasteiger partial charge in [-0.3, -0.25) is 4.79 Å². The van der Waals surface area contributed by atoms with Gasteiger partial charge in [0, 0.05) is 31.2 Å². The van der Waals surface area contributed by atoms with Crippen molar-refractivity contribution in [3.8, 4) is 0 Å². The van der Waals surface area contributed by atoms with Gasteiger partial charge in [-0.15, -0.1) is 5.10 Å². The normalized spacial score (nSPS) is 14.5. The molecule has 1 aliphatic heterocycles. The first-order valence-electron chi connectivity index (χ1n) is 8.47. The number of carbonyl (C=O) groups excluding carboxylic acids is 1. The van der Waals surface area contributed by atoms with Gasteiger partial charge >= 0.3 is 0 Å². The fraction of sp³-hybridized carbons (Fsp3) is 0.353. The Morgan fingerprint density at radius 3 is 2.88 bits per heavy atom. The highest BCUT2D eigenvalue weighted by molar-refractivity contribution is 6.31. The minimum absolute atomic E-state index is 0.0173. The molecule has 1 aromatic carbocycles.